The number of halogens is 1. The van der Waals surface area contributed by atoms with E-state index in [1.807, 2.05) is 0 Å². The smallest absolute Gasteiger partial charge is 0.362 e. The quantitative estimate of drug-likeness (QED) is 0.481. The highest BCUT2D eigenvalue weighted by Crippen LogP contribution is 2.30. The summed E-state index contributed by atoms with van der Waals surface area (Å²) in [5.74, 6) is 0. The molecule has 0 aliphatic carbocycles. The average Bonchev–Trinajstić information content (AvgIpc) is 2.65. The predicted octanol–water partition coefficient (Wildman–Crippen LogP) is 1.36. The van der Waals surface area contributed by atoms with Gasteiger partial charge < -0.3 is 10.2 Å². The monoisotopic (exact) mass is 404 g/mol. The topological polar surface area (TPSA) is 135 Å². The third-order valence-electron chi connectivity index (χ3n) is 4.03. The highest BCUT2D eigenvalue weighted by atomic mass is 35.5. The van der Waals surface area contributed by atoms with Crippen molar-refractivity contribution in [3.63, 3.8) is 0 Å². The molecule has 4 rings (SSSR count). The fourth-order valence-electron chi connectivity index (χ4n) is 2.72. The Kier molecular flexibility index (Phi) is 3.75. The van der Waals surface area contributed by atoms with Crippen molar-refractivity contribution in [1.82, 2.24) is 19.7 Å². The maximum atomic E-state index is 13.1. The molecular weight excluding hydrogens is 396 g/mol. The lowest BCUT2D eigenvalue weighted by Crippen LogP contribution is -2.33. The van der Waals surface area contributed by atoms with Gasteiger partial charge >= 0.3 is 5.69 Å². The van der Waals surface area contributed by atoms with Gasteiger partial charge in [-0.1, -0.05) is 16.3 Å². The Morgan fingerprint density at radius 1 is 1.15 bits per heavy atom. The molecule has 136 valence electrons. The summed E-state index contributed by atoms with van der Waals surface area (Å²) in [7, 11) is -4.14. The van der Waals surface area contributed by atoms with Gasteiger partial charge in [-0.3, -0.25) is 4.79 Å². The number of nitrogens with zero attached hydrogens (tertiary/aromatic N) is 3. The Morgan fingerprint density at radius 3 is 2.70 bits per heavy atom. The van der Waals surface area contributed by atoms with Crippen LogP contribution in [0.5, 0.6) is 0 Å². The van der Waals surface area contributed by atoms with Crippen LogP contribution in [0.2, 0.25) is 5.02 Å². The van der Waals surface area contributed by atoms with Crippen molar-refractivity contribution < 1.29 is 13.6 Å². The number of sulfone groups is 1. The summed E-state index contributed by atoms with van der Waals surface area (Å²) in [6.07, 6.45) is 2.83. The first kappa shape index (κ1) is 17.2. The molecule has 2 heterocycles. The van der Waals surface area contributed by atoms with Gasteiger partial charge in [-0.25, -0.2) is 23.2 Å². The number of aromatic nitrogens is 4. The summed E-state index contributed by atoms with van der Waals surface area (Å²) in [4.78, 5) is 33.6. The predicted molar refractivity (Wildman–Crippen MR) is 96.0 cm³/mol. The lowest BCUT2D eigenvalue weighted by molar-refractivity contribution is 0.162. The van der Waals surface area contributed by atoms with Gasteiger partial charge in [-0.2, -0.15) is 0 Å². The van der Waals surface area contributed by atoms with Crippen molar-refractivity contribution in [2.75, 3.05) is 0 Å². The fourth-order valence-corrected chi connectivity index (χ4v) is 4.40. The second-order valence-corrected chi connectivity index (χ2v) is 7.91. The summed E-state index contributed by atoms with van der Waals surface area (Å²) < 4.78 is 26.1. The molecule has 0 radical (unpaired) electrons. The lowest BCUT2D eigenvalue weighted by Gasteiger charge is -2.10. The van der Waals surface area contributed by atoms with E-state index in [1.54, 1.807) is 6.07 Å². The molecule has 0 aliphatic rings. The van der Waals surface area contributed by atoms with E-state index in [1.165, 1.54) is 36.8 Å². The Labute approximate surface area is 155 Å². The molecule has 0 aliphatic heterocycles. The van der Waals surface area contributed by atoms with E-state index in [-0.39, 0.29) is 30.4 Å². The van der Waals surface area contributed by atoms with E-state index in [4.69, 9.17) is 11.6 Å². The van der Waals surface area contributed by atoms with Gasteiger partial charge in [0, 0.05) is 11.6 Å². The van der Waals surface area contributed by atoms with Crippen molar-refractivity contribution >= 4 is 43.2 Å². The van der Waals surface area contributed by atoms with Crippen LogP contribution < -0.4 is 11.2 Å². The molecule has 27 heavy (non-hydrogen) atoms. The van der Waals surface area contributed by atoms with Gasteiger partial charge in [-0.15, -0.1) is 0 Å². The first-order chi connectivity index (χ1) is 12.8. The third kappa shape index (κ3) is 2.57. The molecule has 0 bridgehead atoms. The number of H-pyrrole nitrogens is 1. The number of aromatic amines is 1. The zero-order valence-electron chi connectivity index (χ0n) is 13.2. The van der Waals surface area contributed by atoms with Gasteiger partial charge in [0.1, 0.15) is 6.33 Å². The maximum absolute atomic E-state index is 13.1. The Bertz CT molecular complexity index is 1460. The van der Waals surface area contributed by atoms with Crippen molar-refractivity contribution in [2.24, 2.45) is 0 Å². The van der Waals surface area contributed by atoms with Crippen LogP contribution in [-0.4, -0.2) is 33.3 Å². The van der Waals surface area contributed by atoms with Gasteiger partial charge in [0.2, 0.25) is 9.84 Å². The zero-order valence-corrected chi connectivity index (χ0v) is 14.8. The van der Waals surface area contributed by atoms with Crippen molar-refractivity contribution in [3.8, 4) is 0 Å². The molecule has 2 aromatic carbocycles. The van der Waals surface area contributed by atoms with E-state index in [2.05, 4.69) is 15.0 Å². The van der Waals surface area contributed by atoms with Gasteiger partial charge in [-0.05, 0) is 30.3 Å². The molecular formula is C16H9ClN4O5S. The van der Waals surface area contributed by atoms with Crippen LogP contribution in [0, 0.1) is 0 Å². The Morgan fingerprint density at radius 2 is 1.93 bits per heavy atom. The number of fused-ring (bicyclic) bond motifs is 2. The van der Waals surface area contributed by atoms with E-state index in [0.717, 1.165) is 0 Å². The highest BCUT2D eigenvalue weighted by Gasteiger charge is 2.24. The molecule has 0 fully saturated rings. The Hall–Kier alpha value is -3.24. The minimum Gasteiger partial charge on any atom is -0.421 e. The van der Waals surface area contributed by atoms with Gasteiger partial charge in [0.15, 0.2) is 0 Å². The van der Waals surface area contributed by atoms with Crippen molar-refractivity contribution in [1.29, 1.82) is 0 Å². The molecule has 11 heteroatoms. The molecule has 2 aromatic heterocycles. The minimum absolute atomic E-state index is 0.0913. The molecule has 0 saturated heterocycles. The number of benzene rings is 2. The number of hydrogen-bond donors (Lipinski definition) is 2. The van der Waals surface area contributed by atoms with Crippen LogP contribution in [-0.2, 0) is 9.84 Å². The summed E-state index contributed by atoms with van der Waals surface area (Å²) in [5.41, 5.74) is -2.18. The molecule has 0 saturated carbocycles. The van der Waals surface area contributed by atoms with Crippen molar-refractivity contribution in [2.45, 2.75) is 9.79 Å². The van der Waals surface area contributed by atoms with E-state index in [9.17, 15) is 23.2 Å². The van der Waals surface area contributed by atoms with Gasteiger partial charge in [0.25, 0.3) is 5.56 Å². The number of hydrogen-bond acceptors (Lipinski definition) is 7. The SMILES string of the molecule is O=c1[nH]c2c(S(=O)(=O)c3ccc4cncnc4c3)ccc(Cl)c2c(=O)n1O. The molecule has 9 nitrogen and oxygen atoms in total. The highest BCUT2D eigenvalue weighted by molar-refractivity contribution is 7.91. The first-order valence-electron chi connectivity index (χ1n) is 7.42. The molecule has 0 amide bonds. The minimum atomic E-state index is -4.14. The van der Waals surface area contributed by atoms with E-state index >= 15 is 0 Å². The van der Waals surface area contributed by atoms with Crippen LogP contribution in [0.1, 0.15) is 0 Å². The summed E-state index contributed by atoms with van der Waals surface area (Å²) >= 11 is 5.97. The summed E-state index contributed by atoms with van der Waals surface area (Å²) in [6.45, 7) is 0. The molecule has 4 aromatic rings. The summed E-state index contributed by atoms with van der Waals surface area (Å²) in [6, 6.07) is 6.66. The van der Waals surface area contributed by atoms with Crippen LogP contribution in [0.3, 0.4) is 0 Å². The molecule has 0 unspecified atom stereocenters. The van der Waals surface area contributed by atoms with Crippen LogP contribution in [0.15, 0.2) is 62.2 Å². The first-order valence-corrected chi connectivity index (χ1v) is 9.28. The number of rotatable bonds is 2. The van der Waals surface area contributed by atoms with E-state index in [0.29, 0.717) is 10.9 Å². The van der Waals surface area contributed by atoms with Crippen molar-refractivity contribution in [3.05, 3.63) is 68.7 Å². The molecule has 2 N–H and O–H groups in total. The van der Waals surface area contributed by atoms with E-state index < -0.39 is 21.1 Å². The number of nitrogens with one attached hydrogen (secondary N) is 1. The second-order valence-electron chi connectivity index (χ2n) is 5.59. The third-order valence-corrected chi connectivity index (χ3v) is 6.13. The van der Waals surface area contributed by atoms with Gasteiger partial charge in [0.05, 0.1) is 31.2 Å². The average molecular weight is 405 g/mol. The largest absolute Gasteiger partial charge is 0.421 e. The standard InChI is InChI=1S/C16H9ClN4O5S/c17-10-3-4-12(14-13(10)15(22)21(24)16(23)20-14)27(25,26)9-2-1-8-6-18-7-19-11(8)5-9/h1-7,24H,(H,20,23). The Balaban J connectivity index is 2.07. The molecule has 0 atom stereocenters. The molecule has 0 spiro atoms. The fraction of sp³-hybridized carbons (Fsp3) is 0. The van der Waals surface area contributed by atoms with Crippen LogP contribution in [0.25, 0.3) is 21.8 Å². The lowest BCUT2D eigenvalue weighted by atomic mass is 10.2. The maximum Gasteiger partial charge on any atom is 0.362 e. The second kappa shape index (κ2) is 5.89. The van der Waals surface area contributed by atoms with Crippen LogP contribution >= 0.6 is 11.6 Å². The summed E-state index contributed by atoms with van der Waals surface area (Å²) in [5, 5.41) is 9.71. The van der Waals surface area contributed by atoms with Crippen LogP contribution in [0.4, 0.5) is 0 Å². The normalized spacial score (nSPS) is 11.9. The zero-order chi connectivity index (χ0) is 19.3.